The lowest BCUT2D eigenvalue weighted by Gasteiger charge is -2.34. The fraction of sp³-hybridized carbons (Fsp3) is 0.259. The number of aromatic nitrogens is 5. The fourth-order valence-corrected chi connectivity index (χ4v) is 5.13. The quantitative estimate of drug-likeness (QED) is 0.346. The van der Waals surface area contributed by atoms with Gasteiger partial charge in [-0.05, 0) is 61.1 Å². The second-order valence-electron chi connectivity index (χ2n) is 9.30. The van der Waals surface area contributed by atoms with Gasteiger partial charge in [0.05, 0.1) is 23.3 Å². The van der Waals surface area contributed by atoms with Crippen molar-refractivity contribution in [1.29, 1.82) is 0 Å². The monoisotopic (exact) mass is 497 g/mol. The van der Waals surface area contributed by atoms with Gasteiger partial charge in [-0.15, -0.1) is 5.10 Å². The van der Waals surface area contributed by atoms with Crippen LogP contribution >= 0.6 is 12.2 Å². The molecule has 0 saturated carbocycles. The van der Waals surface area contributed by atoms with E-state index in [0.29, 0.717) is 22.6 Å². The Hall–Kier alpha value is -3.66. The lowest BCUT2D eigenvalue weighted by Crippen LogP contribution is -2.46. The molecule has 2 aromatic carbocycles. The summed E-state index contributed by atoms with van der Waals surface area (Å²) in [5, 5.41) is 5.50. The smallest absolute Gasteiger partial charge is 0.267 e. The molecule has 0 N–H and O–H groups in total. The van der Waals surface area contributed by atoms with Crippen LogP contribution in [0.1, 0.15) is 11.1 Å². The van der Waals surface area contributed by atoms with Crippen molar-refractivity contribution >= 4 is 28.9 Å². The third kappa shape index (κ3) is 4.15. The molecule has 0 radical (unpaired) electrons. The van der Waals surface area contributed by atoms with Gasteiger partial charge in [-0.1, -0.05) is 29.8 Å². The number of nitrogens with zero attached hydrogens (tertiary/aromatic N) is 7. The molecule has 9 heteroatoms. The van der Waals surface area contributed by atoms with Crippen molar-refractivity contribution in [2.75, 3.05) is 26.2 Å². The summed E-state index contributed by atoms with van der Waals surface area (Å²) in [6.45, 7) is 7.34. The van der Waals surface area contributed by atoms with Gasteiger partial charge in [-0.25, -0.2) is 9.25 Å². The molecule has 8 nitrogen and oxygen atoms in total. The van der Waals surface area contributed by atoms with Crippen molar-refractivity contribution in [3.63, 3.8) is 0 Å². The molecule has 36 heavy (non-hydrogen) atoms. The summed E-state index contributed by atoms with van der Waals surface area (Å²) >= 11 is 5.91. The van der Waals surface area contributed by atoms with Gasteiger partial charge in [-0.3, -0.25) is 24.0 Å². The zero-order valence-corrected chi connectivity index (χ0v) is 20.9. The number of hydrogen-bond donors (Lipinski definition) is 0. The predicted octanol–water partition coefficient (Wildman–Crippen LogP) is 3.65. The summed E-state index contributed by atoms with van der Waals surface area (Å²) in [6.07, 6.45) is 3.69. The molecule has 1 aliphatic rings. The van der Waals surface area contributed by atoms with Crippen LogP contribution in [-0.4, -0.2) is 59.7 Å². The van der Waals surface area contributed by atoms with Gasteiger partial charge in [0.15, 0.2) is 0 Å². The summed E-state index contributed by atoms with van der Waals surface area (Å²) in [6, 6.07) is 19.7. The number of hydrogen-bond acceptors (Lipinski definition) is 6. The molecule has 5 aromatic rings. The van der Waals surface area contributed by atoms with Gasteiger partial charge in [0.1, 0.15) is 0 Å². The number of benzene rings is 2. The SMILES string of the molecule is Cc1ccc(-n2c(=O)c3ccccc3n3c(=S)n(CN4CCN(Cc5ccncc5)CC4)nc23)cc1. The van der Waals surface area contributed by atoms with Crippen molar-refractivity contribution < 1.29 is 0 Å². The lowest BCUT2D eigenvalue weighted by atomic mass is 10.2. The van der Waals surface area contributed by atoms with Crippen molar-refractivity contribution in [2.24, 2.45) is 0 Å². The second-order valence-corrected chi connectivity index (χ2v) is 9.67. The van der Waals surface area contributed by atoms with E-state index in [1.54, 1.807) is 4.57 Å². The van der Waals surface area contributed by atoms with E-state index in [4.69, 9.17) is 17.3 Å². The van der Waals surface area contributed by atoms with Crippen molar-refractivity contribution in [3.8, 4) is 5.69 Å². The summed E-state index contributed by atoms with van der Waals surface area (Å²) in [5.41, 5.74) is 3.87. The summed E-state index contributed by atoms with van der Waals surface area (Å²) in [4.78, 5) is 22.5. The summed E-state index contributed by atoms with van der Waals surface area (Å²) in [7, 11) is 0. The van der Waals surface area contributed by atoms with Crippen LogP contribution in [0, 0.1) is 11.7 Å². The third-order valence-electron chi connectivity index (χ3n) is 6.85. The minimum absolute atomic E-state index is 0.0983. The predicted molar refractivity (Wildman–Crippen MR) is 143 cm³/mol. The Labute approximate surface area is 213 Å². The van der Waals surface area contributed by atoms with E-state index in [9.17, 15) is 4.79 Å². The highest BCUT2D eigenvalue weighted by molar-refractivity contribution is 7.71. The molecule has 1 fully saturated rings. The Morgan fingerprint density at radius 2 is 1.58 bits per heavy atom. The molecule has 0 spiro atoms. The Kier molecular flexibility index (Phi) is 5.96. The molecule has 4 heterocycles. The van der Waals surface area contributed by atoms with Crippen LogP contribution in [0.4, 0.5) is 0 Å². The number of para-hydroxylation sites is 1. The van der Waals surface area contributed by atoms with Crippen LogP contribution in [0.15, 0.2) is 77.9 Å². The second kappa shape index (κ2) is 9.42. The average Bonchev–Trinajstić information content (AvgIpc) is 3.22. The van der Waals surface area contributed by atoms with Gasteiger partial charge in [0.25, 0.3) is 5.56 Å². The highest BCUT2D eigenvalue weighted by Crippen LogP contribution is 2.18. The molecule has 0 bridgehead atoms. The van der Waals surface area contributed by atoms with Crippen LogP contribution in [0.2, 0.25) is 0 Å². The van der Waals surface area contributed by atoms with Gasteiger partial charge < -0.3 is 0 Å². The number of rotatable bonds is 5. The third-order valence-corrected chi connectivity index (χ3v) is 7.24. The van der Waals surface area contributed by atoms with Crippen molar-refractivity contribution in [2.45, 2.75) is 20.1 Å². The van der Waals surface area contributed by atoms with Crippen LogP contribution in [0.3, 0.4) is 0 Å². The van der Waals surface area contributed by atoms with Crippen LogP contribution in [0.25, 0.3) is 22.4 Å². The fourth-order valence-electron chi connectivity index (χ4n) is 4.86. The highest BCUT2D eigenvalue weighted by Gasteiger charge is 2.21. The number of pyridine rings is 1. The van der Waals surface area contributed by atoms with Gasteiger partial charge >= 0.3 is 0 Å². The Bertz CT molecular complexity index is 1650. The Morgan fingerprint density at radius 1 is 0.889 bits per heavy atom. The van der Waals surface area contributed by atoms with E-state index < -0.39 is 0 Å². The summed E-state index contributed by atoms with van der Waals surface area (Å²) in [5.74, 6) is 0.531. The summed E-state index contributed by atoms with van der Waals surface area (Å²) < 4.78 is 6.02. The highest BCUT2D eigenvalue weighted by atomic mass is 32.1. The van der Waals surface area contributed by atoms with Gasteiger partial charge in [-0.2, -0.15) is 0 Å². The number of piperazine rings is 1. The minimum atomic E-state index is -0.0983. The van der Waals surface area contributed by atoms with Gasteiger partial charge in [0.2, 0.25) is 10.5 Å². The molecule has 6 rings (SSSR count). The minimum Gasteiger partial charge on any atom is -0.297 e. The van der Waals surface area contributed by atoms with Crippen molar-refractivity contribution in [3.05, 3.63) is 99.3 Å². The standard InChI is InChI=1S/C27H27N7OS/c1-20-6-8-22(9-7-20)33-25(35)23-4-2-3-5-24(23)34-26(33)29-32(27(34)36)19-31-16-14-30(15-17-31)18-21-10-12-28-13-11-21/h2-13H,14-19H2,1H3. The van der Waals surface area contributed by atoms with E-state index >= 15 is 0 Å². The normalized spacial score (nSPS) is 15.1. The zero-order valence-electron chi connectivity index (χ0n) is 20.1. The first-order valence-electron chi connectivity index (χ1n) is 12.1. The molecule has 0 aliphatic carbocycles. The molecule has 1 saturated heterocycles. The van der Waals surface area contributed by atoms with Crippen LogP contribution < -0.4 is 5.56 Å². The van der Waals surface area contributed by atoms with E-state index in [1.165, 1.54) is 5.56 Å². The molecule has 3 aromatic heterocycles. The number of aryl methyl sites for hydroxylation is 1. The molecular weight excluding hydrogens is 470 g/mol. The Balaban J connectivity index is 1.34. The molecular formula is C27H27N7OS. The molecule has 0 amide bonds. The number of fused-ring (bicyclic) bond motifs is 3. The average molecular weight is 498 g/mol. The zero-order chi connectivity index (χ0) is 24.6. The molecule has 0 unspecified atom stereocenters. The maximum absolute atomic E-state index is 13.6. The maximum Gasteiger partial charge on any atom is 0.267 e. The molecule has 0 atom stereocenters. The largest absolute Gasteiger partial charge is 0.297 e. The van der Waals surface area contributed by atoms with Crippen molar-refractivity contribution in [1.82, 2.24) is 33.5 Å². The van der Waals surface area contributed by atoms with E-state index in [1.807, 2.05) is 76.9 Å². The van der Waals surface area contributed by atoms with E-state index in [0.717, 1.165) is 49.5 Å². The van der Waals surface area contributed by atoms with E-state index in [-0.39, 0.29) is 5.56 Å². The van der Waals surface area contributed by atoms with Crippen LogP contribution in [-0.2, 0) is 13.2 Å². The topological polar surface area (TPSA) is 63.6 Å². The van der Waals surface area contributed by atoms with E-state index in [2.05, 4.69) is 26.9 Å². The first-order valence-corrected chi connectivity index (χ1v) is 12.5. The molecule has 1 aliphatic heterocycles. The lowest BCUT2D eigenvalue weighted by molar-refractivity contribution is 0.0982. The Morgan fingerprint density at radius 3 is 2.33 bits per heavy atom. The van der Waals surface area contributed by atoms with Crippen LogP contribution in [0.5, 0.6) is 0 Å². The maximum atomic E-state index is 13.6. The van der Waals surface area contributed by atoms with Gasteiger partial charge in [0, 0.05) is 45.1 Å². The molecule has 182 valence electrons. The first kappa shape index (κ1) is 22.8. The first-order chi connectivity index (χ1) is 17.6.